The summed E-state index contributed by atoms with van der Waals surface area (Å²) in [5.41, 5.74) is 4.50. The van der Waals surface area contributed by atoms with Crippen LogP contribution in [0.5, 0.6) is 0 Å². The summed E-state index contributed by atoms with van der Waals surface area (Å²) < 4.78 is 7.40. The third kappa shape index (κ3) is 3.40. The molecule has 0 fully saturated rings. The average molecular weight is 377 g/mol. The number of thioether (sulfide) groups is 1. The van der Waals surface area contributed by atoms with Gasteiger partial charge in [-0.3, -0.25) is 4.57 Å². The summed E-state index contributed by atoms with van der Waals surface area (Å²) in [5.74, 6) is 1.44. The van der Waals surface area contributed by atoms with Crippen molar-refractivity contribution in [2.45, 2.75) is 31.7 Å². The van der Waals surface area contributed by atoms with Crippen molar-refractivity contribution in [3.63, 3.8) is 0 Å². The maximum atomic E-state index is 12.0. The van der Waals surface area contributed by atoms with Gasteiger partial charge in [-0.2, -0.15) is 0 Å². The molecule has 0 aliphatic rings. The maximum Gasteiger partial charge on any atom is 0.336 e. The largest absolute Gasteiger partial charge is 0.423 e. The van der Waals surface area contributed by atoms with Gasteiger partial charge in [0.25, 0.3) is 0 Å². The number of rotatable bonds is 4. The van der Waals surface area contributed by atoms with Crippen LogP contribution < -0.4 is 5.63 Å². The van der Waals surface area contributed by atoms with Crippen molar-refractivity contribution >= 4 is 22.7 Å². The molecule has 0 spiro atoms. The second-order valence-electron chi connectivity index (χ2n) is 6.53. The molecule has 4 aromatic rings. The molecule has 4 rings (SSSR count). The van der Waals surface area contributed by atoms with Gasteiger partial charge in [-0.25, -0.2) is 4.79 Å². The molecular formula is C21H19N3O2S. The SMILES string of the molecule is Cc1ccc2c(CSc3nnc(C)n3-c3ccccc3C)cc(=O)oc2c1. The Kier molecular flexibility index (Phi) is 4.58. The van der Waals surface area contributed by atoms with Crippen LogP contribution in [0.1, 0.15) is 22.5 Å². The molecule has 0 unspecified atom stereocenters. The minimum Gasteiger partial charge on any atom is -0.423 e. The van der Waals surface area contributed by atoms with E-state index in [-0.39, 0.29) is 5.63 Å². The molecule has 0 atom stereocenters. The summed E-state index contributed by atoms with van der Waals surface area (Å²) in [6, 6.07) is 15.6. The number of nitrogens with zero attached hydrogens (tertiary/aromatic N) is 3. The van der Waals surface area contributed by atoms with Crippen molar-refractivity contribution in [3.05, 3.63) is 81.5 Å². The molecule has 5 nitrogen and oxygen atoms in total. The van der Waals surface area contributed by atoms with E-state index in [1.165, 1.54) is 0 Å². The molecular weight excluding hydrogens is 358 g/mol. The number of aryl methyl sites for hydroxylation is 3. The van der Waals surface area contributed by atoms with Gasteiger partial charge >= 0.3 is 5.63 Å². The highest BCUT2D eigenvalue weighted by Gasteiger charge is 2.14. The van der Waals surface area contributed by atoms with Gasteiger partial charge in [0.15, 0.2) is 5.16 Å². The average Bonchev–Trinajstić information content (AvgIpc) is 3.00. The fourth-order valence-corrected chi connectivity index (χ4v) is 4.11. The predicted molar refractivity (Wildman–Crippen MR) is 108 cm³/mol. The van der Waals surface area contributed by atoms with Gasteiger partial charge in [0, 0.05) is 17.2 Å². The molecule has 0 aliphatic heterocycles. The predicted octanol–water partition coefficient (Wildman–Crippen LogP) is 4.59. The zero-order valence-electron chi connectivity index (χ0n) is 15.4. The lowest BCUT2D eigenvalue weighted by Gasteiger charge is -2.11. The van der Waals surface area contributed by atoms with E-state index >= 15 is 0 Å². The van der Waals surface area contributed by atoms with Crippen molar-refractivity contribution in [2.75, 3.05) is 0 Å². The van der Waals surface area contributed by atoms with Gasteiger partial charge in [-0.05, 0) is 49.6 Å². The Bertz CT molecular complexity index is 1190. The molecule has 0 amide bonds. The Morgan fingerprint density at radius 3 is 2.67 bits per heavy atom. The number of aromatic nitrogens is 3. The molecule has 0 bridgehead atoms. The lowest BCUT2D eigenvalue weighted by molar-refractivity contribution is 0.559. The summed E-state index contributed by atoms with van der Waals surface area (Å²) in [7, 11) is 0. The van der Waals surface area contributed by atoms with Gasteiger partial charge in [0.1, 0.15) is 11.4 Å². The van der Waals surface area contributed by atoms with Gasteiger partial charge in [-0.1, -0.05) is 42.1 Å². The van der Waals surface area contributed by atoms with E-state index in [1.807, 2.05) is 44.2 Å². The van der Waals surface area contributed by atoms with Gasteiger partial charge in [0.05, 0.1) is 5.69 Å². The van der Waals surface area contributed by atoms with Gasteiger partial charge in [-0.15, -0.1) is 10.2 Å². The number of hydrogen-bond donors (Lipinski definition) is 0. The van der Waals surface area contributed by atoms with Crippen LogP contribution in [0.3, 0.4) is 0 Å². The third-order valence-electron chi connectivity index (χ3n) is 4.49. The normalized spacial score (nSPS) is 11.2. The molecule has 0 N–H and O–H groups in total. The van der Waals surface area contributed by atoms with Crippen molar-refractivity contribution in [1.29, 1.82) is 0 Å². The fourth-order valence-electron chi connectivity index (χ4n) is 3.13. The smallest absolute Gasteiger partial charge is 0.336 e. The lowest BCUT2D eigenvalue weighted by atomic mass is 10.1. The van der Waals surface area contributed by atoms with E-state index in [4.69, 9.17) is 4.42 Å². The van der Waals surface area contributed by atoms with Crippen LogP contribution in [-0.2, 0) is 5.75 Å². The monoisotopic (exact) mass is 377 g/mol. The van der Waals surface area contributed by atoms with Gasteiger partial charge in [0.2, 0.25) is 0 Å². The van der Waals surface area contributed by atoms with Crippen LogP contribution in [0.15, 0.2) is 62.9 Å². The molecule has 0 radical (unpaired) electrons. The number of fused-ring (bicyclic) bond motifs is 1. The zero-order chi connectivity index (χ0) is 19.0. The van der Waals surface area contributed by atoms with E-state index in [9.17, 15) is 4.79 Å². The second kappa shape index (κ2) is 7.04. The summed E-state index contributed by atoms with van der Waals surface area (Å²) in [5, 5.41) is 10.3. The van der Waals surface area contributed by atoms with Crippen molar-refractivity contribution in [2.24, 2.45) is 0 Å². The van der Waals surface area contributed by atoms with Crippen LogP contribution in [-0.4, -0.2) is 14.8 Å². The lowest BCUT2D eigenvalue weighted by Crippen LogP contribution is -2.03. The molecule has 2 heterocycles. The molecule has 27 heavy (non-hydrogen) atoms. The van der Waals surface area contributed by atoms with Crippen molar-refractivity contribution in [1.82, 2.24) is 14.8 Å². The number of hydrogen-bond acceptors (Lipinski definition) is 5. The first-order valence-corrected chi connectivity index (χ1v) is 9.66. The van der Waals surface area contributed by atoms with Crippen LogP contribution in [0.25, 0.3) is 16.7 Å². The van der Waals surface area contributed by atoms with E-state index in [1.54, 1.807) is 17.8 Å². The minimum absolute atomic E-state index is 0.333. The van der Waals surface area contributed by atoms with E-state index in [0.717, 1.165) is 38.7 Å². The number of para-hydroxylation sites is 1. The first-order valence-electron chi connectivity index (χ1n) is 8.67. The molecule has 2 aromatic heterocycles. The van der Waals surface area contributed by atoms with Crippen LogP contribution in [0.2, 0.25) is 0 Å². The highest BCUT2D eigenvalue weighted by Crippen LogP contribution is 2.29. The van der Waals surface area contributed by atoms with Crippen LogP contribution in [0, 0.1) is 20.8 Å². The highest BCUT2D eigenvalue weighted by molar-refractivity contribution is 7.98. The summed E-state index contributed by atoms with van der Waals surface area (Å²) in [6.07, 6.45) is 0. The van der Waals surface area contributed by atoms with Crippen molar-refractivity contribution < 1.29 is 4.42 Å². The summed E-state index contributed by atoms with van der Waals surface area (Å²) >= 11 is 1.56. The molecule has 0 aliphatic carbocycles. The highest BCUT2D eigenvalue weighted by atomic mass is 32.2. The van der Waals surface area contributed by atoms with Gasteiger partial charge < -0.3 is 4.42 Å². The molecule has 136 valence electrons. The summed E-state index contributed by atoms with van der Waals surface area (Å²) in [4.78, 5) is 12.0. The fraction of sp³-hybridized carbons (Fsp3) is 0.190. The Balaban J connectivity index is 1.71. The summed E-state index contributed by atoms with van der Waals surface area (Å²) in [6.45, 7) is 5.99. The molecule has 2 aromatic carbocycles. The maximum absolute atomic E-state index is 12.0. The first kappa shape index (κ1) is 17.5. The third-order valence-corrected chi connectivity index (χ3v) is 5.47. The second-order valence-corrected chi connectivity index (χ2v) is 7.47. The first-order chi connectivity index (χ1) is 13.0. The van der Waals surface area contributed by atoms with Crippen LogP contribution >= 0.6 is 11.8 Å². The molecule has 6 heteroatoms. The standard InChI is InChI=1S/C21H19N3O2S/c1-13-8-9-17-16(11-20(25)26-19(17)10-13)12-27-21-23-22-15(3)24(21)18-7-5-4-6-14(18)2/h4-11H,12H2,1-3H3. The number of benzene rings is 2. The van der Waals surface area contributed by atoms with E-state index in [2.05, 4.69) is 33.8 Å². The van der Waals surface area contributed by atoms with E-state index < -0.39 is 0 Å². The zero-order valence-corrected chi connectivity index (χ0v) is 16.2. The topological polar surface area (TPSA) is 60.9 Å². The Hall–Kier alpha value is -2.86. The van der Waals surface area contributed by atoms with E-state index in [0.29, 0.717) is 11.3 Å². The minimum atomic E-state index is -0.333. The Morgan fingerprint density at radius 1 is 1.04 bits per heavy atom. The molecule has 0 saturated heterocycles. The van der Waals surface area contributed by atoms with Crippen LogP contribution in [0.4, 0.5) is 0 Å². The van der Waals surface area contributed by atoms with Crippen molar-refractivity contribution in [3.8, 4) is 5.69 Å². The quantitative estimate of drug-likeness (QED) is 0.384. The Morgan fingerprint density at radius 2 is 1.85 bits per heavy atom. The Labute approximate surface area is 161 Å². The molecule has 0 saturated carbocycles.